The quantitative estimate of drug-likeness (QED) is 0.772. The van der Waals surface area contributed by atoms with Crippen LogP contribution in [-0.4, -0.2) is 37.9 Å². The molecule has 0 N–H and O–H groups in total. The van der Waals surface area contributed by atoms with Gasteiger partial charge in [0, 0.05) is 19.6 Å². The summed E-state index contributed by atoms with van der Waals surface area (Å²) in [5, 5.41) is 0. The Bertz CT molecular complexity index is 454. The molecule has 3 nitrogen and oxygen atoms in total. The second-order valence-electron chi connectivity index (χ2n) is 4.31. The van der Waals surface area contributed by atoms with E-state index in [1.807, 2.05) is 19.1 Å². The third-order valence-electron chi connectivity index (χ3n) is 2.85. The molecule has 1 aromatic rings. The van der Waals surface area contributed by atoms with E-state index in [1.54, 1.807) is 0 Å². The van der Waals surface area contributed by atoms with E-state index < -0.39 is 9.84 Å². The van der Waals surface area contributed by atoms with Gasteiger partial charge in [0.1, 0.15) is 0 Å². The van der Waals surface area contributed by atoms with Crippen LogP contribution in [-0.2, 0) is 16.4 Å². The van der Waals surface area contributed by atoms with Crippen molar-refractivity contribution in [3.63, 3.8) is 0 Å². The zero-order valence-corrected chi connectivity index (χ0v) is 10.3. The summed E-state index contributed by atoms with van der Waals surface area (Å²) in [6, 6.07) is 9.17. The molecule has 0 aromatic heterocycles. The highest BCUT2D eigenvalue weighted by molar-refractivity contribution is 7.91. The highest BCUT2D eigenvalue weighted by Gasteiger charge is 2.21. The Morgan fingerprint density at radius 3 is 2.69 bits per heavy atom. The SMILES string of the molecule is Cc1[c]ccc(CN2CCS(=O)(=O)CC2)c1. The normalized spacial score (nSPS) is 20.8. The van der Waals surface area contributed by atoms with Gasteiger partial charge in [-0.15, -0.1) is 0 Å². The zero-order valence-electron chi connectivity index (χ0n) is 9.44. The van der Waals surface area contributed by atoms with Crippen molar-refractivity contribution in [2.45, 2.75) is 13.5 Å². The second kappa shape index (κ2) is 4.55. The van der Waals surface area contributed by atoms with Crippen LogP contribution in [0.2, 0.25) is 0 Å². The number of sulfone groups is 1. The lowest BCUT2D eigenvalue weighted by Gasteiger charge is -2.26. The average Bonchev–Trinajstić information content (AvgIpc) is 2.21. The van der Waals surface area contributed by atoms with Crippen LogP contribution in [0, 0.1) is 13.0 Å². The first-order chi connectivity index (χ1) is 7.55. The predicted octanol–water partition coefficient (Wildman–Crippen LogP) is 1.03. The van der Waals surface area contributed by atoms with Gasteiger partial charge in [0.2, 0.25) is 0 Å². The van der Waals surface area contributed by atoms with Gasteiger partial charge in [-0.05, 0) is 24.1 Å². The average molecular weight is 238 g/mol. The van der Waals surface area contributed by atoms with Crippen LogP contribution in [0.15, 0.2) is 18.2 Å². The van der Waals surface area contributed by atoms with Crippen molar-refractivity contribution in [2.24, 2.45) is 0 Å². The minimum Gasteiger partial charge on any atom is -0.297 e. The highest BCUT2D eigenvalue weighted by Crippen LogP contribution is 2.10. The van der Waals surface area contributed by atoms with E-state index in [-0.39, 0.29) is 0 Å². The molecular weight excluding hydrogens is 222 g/mol. The van der Waals surface area contributed by atoms with Crippen LogP contribution in [0.1, 0.15) is 11.1 Å². The third-order valence-corrected chi connectivity index (χ3v) is 4.46. The van der Waals surface area contributed by atoms with Gasteiger partial charge in [-0.2, -0.15) is 0 Å². The molecule has 1 aliphatic rings. The van der Waals surface area contributed by atoms with Gasteiger partial charge < -0.3 is 0 Å². The summed E-state index contributed by atoms with van der Waals surface area (Å²) in [5.74, 6) is 0.593. The molecule has 1 aromatic carbocycles. The molecule has 2 rings (SSSR count). The number of hydrogen-bond donors (Lipinski definition) is 0. The Labute approximate surface area is 97.0 Å². The van der Waals surface area contributed by atoms with Crippen molar-refractivity contribution < 1.29 is 8.42 Å². The molecule has 16 heavy (non-hydrogen) atoms. The lowest BCUT2D eigenvalue weighted by atomic mass is 10.1. The van der Waals surface area contributed by atoms with Crippen LogP contribution >= 0.6 is 0 Å². The fraction of sp³-hybridized carbons (Fsp3) is 0.500. The first-order valence-corrected chi connectivity index (χ1v) is 7.27. The standard InChI is InChI=1S/C12H16NO2S/c1-11-3-2-4-12(9-11)10-13-5-7-16(14,15)8-6-13/h2,4,9H,5-8,10H2,1H3. The van der Waals surface area contributed by atoms with Crippen LogP contribution in [0.3, 0.4) is 0 Å². The largest absolute Gasteiger partial charge is 0.297 e. The van der Waals surface area contributed by atoms with Gasteiger partial charge in [-0.25, -0.2) is 8.42 Å². The van der Waals surface area contributed by atoms with Gasteiger partial charge in [0.15, 0.2) is 9.84 Å². The molecular formula is C12H16NO2S. The van der Waals surface area contributed by atoms with Crippen LogP contribution in [0.4, 0.5) is 0 Å². The third kappa shape index (κ3) is 3.06. The Balaban J connectivity index is 1.97. The van der Waals surface area contributed by atoms with Crippen LogP contribution in [0.5, 0.6) is 0 Å². The summed E-state index contributed by atoms with van der Waals surface area (Å²) in [6.45, 7) is 4.16. The van der Waals surface area contributed by atoms with E-state index >= 15 is 0 Å². The lowest BCUT2D eigenvalue weighted by molar-refractivity contribution is 0.287. The van der Waals surface area contributed by atoms with Crippen LogP contribution in [0.25, 0.3) is 0 Å². The summed E-state index contributed by atoms with van der Waals surface area (Å²) in [7, 11) is -2.76. The highest BCUT2D eigenvalue weighted by atomic mass is 32.2. The molecule has 1 aliphatic heterocycles. The van der Waals surface area contributed by atoms with Crippen molar-refractivity contribution in [2.75, 3.05) is 24.6 Å². The predicted molar refractivity (Wildman–Crippen MR) is 63.9 cm³/mol. The smallest absolute Gasteiger partial charge is 0.152 e. The first kappa shape index (κ1) is 11.6. The molecule has 0 unspecified atom stereocenters. The number of hydrogen-bond acceptors (Lipinski definition) is 3. The lowest BCUT2D eigenvalue weighted by Crippen LogP contribution is -2.39. The summed E-state index contributed by atoms with van der Waals surface area (Å²) >= 11 is 0. The van der Waals surface area contributed by atoms with Gasteiger partial charge in [-0.3, -0.25) is 4.90 Å². The molecule has 0 aliphatic carbocycles. The minimum atomic E-state index is -2.76. The van der Waals surface area contributed by atoms with E-state index in [0.717, 1.165) is 12.1 Å². The summed E-state index contributed by atoms with van der Waals surface area (Å²) in [4.78, 5) is 2.19. The van der Waals surface area contributed by atoms with E-state index in [1.165, 1.54) is 5.56 Å². The van der Waals surface area contributed by atoms with Crippen molar-refractivity contribution in [3.8, 4) is 0 Å². The summed E-state index contributed by atoms with van der Waals surface area (Å²) in [5.41, 5.74) is 2.36. The van der Waals surface area contributed by atoms with E-state index in [0.29, 0.717) is 24.6 Å². The second-order valence-corrected chi connectivity index (χ2v) is 6.61. The number of rotatable bonds is 2. The van der Waals surface area contributed by atoms with E-state index in [4.69, 9.17) is 0 Å². The molecule has 0 atom stereocenters. The minimum absolute atomic E-state index is 0.297. The molecule has 1 fully saturated rings. The monoisotopic (exact) mass is 238 g/mol. The first-order valence-electron chi connectivity index (χ1n) is 5.45. The Hall–Kier alpha value is -0.870. The summed E-state index contributed by atoms with van der Waals surface area (Å²) in [6.07, 6.45) is 0. The van der Waals surface area contributed by atoms with Gasteiger partial charge in [-0.1, -0.05) is 18.2 Å². The van der Waals surface area contributed by atoms with Gasteiger partial charge in [0.25, 0.3) is 0 Å². The Morgan fingerprint density at radius 2 is 2.06 bits per heavy atom. The molecule has 0 saturated carbocycles. The molecule has 87 valence electrons. The number of aryl methyl sites for hydroxylation is 1. The van der Waals surface area contributed by atoms with E-state index in [2.05, 4.69) is 17.0 Å². The molecule has 0 spiro atoms. The molecule has 0 bridgehead atoms. The van der Waals surface area contributed by atoms with Gasteiger partial charge >= 0.3 is 0 Å². The molecule has 1 heterocycles. The fourth-order valence-corrected chi connectivity index (χ4v) is 3.19. The topological polar surface area (TPSA) is 37.4 Å². The van der Waals surface area contributed by atoms with Crippen molar-refractivity contribution in [1.29, 1.82) is 0 Å². The van der Waals surface area contributed by atoms with Gasteiger partial charge in [0.05, 0.1) is 11.5 Å². The molecule has 0 amide bonds. The number of benzene rings is 1. The fourth-order valence-electron chi connectivity index (χ4n) is 1.91. The van der Waals surface area contributed by atoms with Crippen molar-refractivity contribution in [3.05, 3.63) is 35.4 Å². The Morgan fingerprint density at radius 1 is 1.38 bits per heavy atom. The maximum atomic E-state index is 11.3. The van der Waals surface area contributed by atoms with E-state index in [9.17, 15) is 8.42 Å². The Kier molecular flexibility index (Phi) is 3.30. The van der Waals surface area contributed by atoms with Crippen molar-refractivity contribution >= 4 is 9.84 Å². The summed E-state index contributed by atoms with van der Waals surface area (Å²) < 4.78 is 22.5. The van der Waals surface area contributed by atoms with Crippen LogP contribution < -0.4 is 0 Å². The molecule has 1 saturated heterocycles. The molecule has 1 radical (unpaired) electrons. The maximum Gasteiger partial charge on any atom is 0.152 e. The zero-order chi connectivity index (χ0) is 11.6. The molecule has 4 heteroatoms. The van der Waals surface area contributed by atoms with Crippen molar-refractivity contribution in [1.82, 2.24) is 4.90 Å². The number of nitrogens with zero attached hydrogens (tertiary/aromatic N) is 1. The maximum absolute atomic E-state index is 11.3.